The highest BCUT2D eigenvalue weighted by Crippen LogP contribution is 2.37. The van der Waals surface area contributed by atoms with Gasteiger partial charge in [0.2, 0.25) is 11.8 Å². The number of benzene rings is 4. The lowest BCUT2D eigenvalue weighted by Gasteiger charge is -2.36. The van der Waals surface area contributed by atoms with Crippen molar-refractivity contribution in [3.63, 3.8) is 0 Å². The lowest BCUT2D eigenvalue weighted by atomic mass is 9.88. The summed E-state index contributed by atoms with van der Waals surface area (Å²) in [5.74, 6) is -1.94. The van der Waals surface area contributed by atoms with Gasteiger partial charge in [-0.3, -0.25) is 34.3 Å². The predicted octanol–water partition coefficient (Wildman–Crippen LogP) is 7.46. The zero-order valence-electron chi connectivity index (χ0n) is 32.1. The highest BCUT2D eigenvalue weighted by atomic mass is 19.4. The Morgan fingerprint density at radius 1 is 0.810 bits per heavy atom. The Morgan fingerprint density at radius 3 is 2.10 bits per heavy atom. The summed E-state index contributed by atoms with van der Waals surface area (Å²) < 4.78 is 48.3. The quantitative estimate of drug-likeness (QED) is 0.0814. The van der Waals surface area contributed by atoms with Crippen LogP contribution < -0.4 is 15.0 Å². The van der Waals surface area contributed by atoms with E-state index in [4.69, 9.17) is 4.74 Å². The van der Waals surface area contributed by atoms with E-state index in [0.29, 0.717) is 52.0 Å². The normalized spacial score (nSPS) is 18.5. The SMILES string of the molecule is CC/C(=C(\c1ccc(O)cc1)c1ccc(OC(CCCCN2CCN(c3ccc4c(c3)C(=O)N(C3CCC(=O)NC3=O)C4=O)CC2)C(F)(F)F)cc1)c1ccccc1. The molecule has 3 heterocycles. The maximum atomic E-state index is 14.2. The Morgan fingerprint density at radius 2 is 1.47 bits per heavy atom. The molecule has 3 aliphatic heterocycles. The molecule has 13 heteroatoms. The lowest BCUT2D eigenvalue weighted by Crippen LogP contribution is -2.54. The van der Waals surface area contributed by atoms with Crippen LogP contribution in [0.3, 0.4) is 0 Å². The van der Waals surface area contributed by atoms with Crippen LogP contribution in [-0.4, -0.2) is 89.6 Å². The molecule has 2 unspecified atom stereocenters. The number of nitrogens with zero attached hydrogens (tertiary/aromatic N) is 3. The molecule has 2 saturated heterocycles. The number of piperazine rings is 1. The highest BCUT2D eigenvalue weighted by Gasteiger charge is 2.45. The van der Waals surface area contributed by atoms with Gasteiger partial charge in [-0.1, -0.05) is 61.5 Å². The van der Waals surface area contributed by atoms with Gasteiger partial charge in [-0.05, 0) is 109 Å². The van der Waals surface area contributed by atoms with Gasteiger partial charge in [0.25, 0.3) is 11.8 Å². The first-order chi connectivity index (χ1) is 27.9. The number of piperidine rings is 1. The predicted molar refractivity (Wildman–Crippen MR) is 213 cm³/mol. The Hall–Kier alpha value is -5.95. The number of alkyl halides is 3. The second-order valence-corrected chi connectivity index (χ2v) is 14.8. The molecule has 2 N–H and O–H groups in total. The number of halogens is 3. The van der Waals surface area contributed by atoms with E-state index in [1.807, 2.05) is 42.5 Å². The molecule has 58 heavy (non-hydrogen) atoms. The van der Waals surface area contributed by atoms with Crippen molar-refractivity contribution in [2.75, 3.05) is 37.6 Å². The van der Waals surface area contributed by atoms with E-state index in [-0.39, 0.29) is 41.9 Å². The van der Waals surface area contributed by atoms with Crippen LogP contribution >= 0.6 is 0 Å². The molecule has 0 bridgehead atoms. The zero-order valence-corrected chi connectivity index (χ0v) is 32.1. The van der Waals surface area contributed by atoms with E-state index in [0.717, 1.165) is 38.4 Å². The number of phenols is 1. The van der Waals surface area contributed by atoms with Gasteiger partial charge in [0.15, 0.2) is 6.10 Å². The summed E-state index contributed by atoms with van der Waals surface area (Å²) >= 11 is 0. The van der Waals surface area contributed by atoms with Gasteiger partial charge < -0.3 is 14.7 Å². The summed E-state index contributed by atoms with van der Waals surface area (Å²) in [7, 11) is 0. The number of anilines is 1. The number of phenolic OH excluding ortho intramolecular Hbond substituents is 1. The topological polar surface area (TPSA) is 119 Å². The van der Waals surface area contributed by atoms with Crippen LogP contribution in [0.15, 0.2) is 97.1 Å². The minimum Gasteiger partial charge on any atom is -0.508 e. The van der Waals surface area contributed by atoms with Gasteiger partial charge in [-0.15, -0.1) is 0 Å². The number of hydrogen-bond acceptors (Lipinski definition) is 8. The molecule has 0 saturated carbocycles. The second kappa shape index (κ2) is 17.3. The van der Waals surface area contributed by atoms with Gasteiger partial charge >= 0.3 is 6.18 Å². The van der Waals surface area contributed by atoms with Gasteiger partial charge in [-0.25, -0.2) is 0 Å². The fraction of sp³-hybridized carbons (Fsp3) is 0.333. The summed E-state index contributed by atoms with van der Waals surface area (Å²) in [6, 6.07) is 27.5. The first-order valence-corrected chi connectivity index (χ1v) is 19.7. The number of amides is 4. The first kappa shape index (κ1) is 40.3. The number of unbranched alkanes of at least 4 members (excludes halogenated alkanes) is 1. The maximum Gasteiger partial charge on any atom is 0.425 e. The maximum absolute atomic E-state index is 14.2. The molecule has 0 aromatic heterocycles. The molecule has 10 nitrogen and oxygen atoms in total. The number of ether oxygens (including phenoxy) is 1. The molecule has 4 aromatic rings. The fourth-order valence-corrected chi connectivity index (χ4v) is 8.01. The van der Waals surface area contributed by atoms with Crippen molar-refractivity contribution >= 4 is 40.5 Å². The number of imide groups is 2. The average molecular weight is 795 g/mol. The molecule has 4 aromatic carbocycles. The van der Waals surface area contributed by atoms with Crippen LogP contribution in [0.5, 0.6) is 11.5 Å². The largest absolute Gasteiger partial charge is 0.508 e. The number of allylic oxidation sites excluding steroid dienone is 1. The lowest BCUT2D eigenvalue weighted by molar-refractivity contribution is -0.197. The summed E-state index contributed by atoms with van der Waals surface area (Å²) in [6.07, 6.45) is -4.99. The van der Waals surface area contributed by atoms with E-state index in [2.05, 4.69) is 22.0 Å². The Kier molecular flexibility index (Phi) is 12.0. The minimum atomic E-state index is -4.55. The second-order valence-electron chi connectivity index (χ2n) is 14.8. The van der Waals surface area contributed by atoms with Crippen LogP contribution in [0.25, 0.3) is 11.1 Å². The molecule has 3 aliphatic rings. The van der Waals surface area contributed by atoms with E-state index in [1.165, 1.54) is 0 Å². The highest BCUT2D eigenvalue weighted by molar-refractivity contribution is 6.23. The number of carbonyl (C=O) groups excluding carboxylic acids is 4. The number of rotatable bonds is 13. The monoisotopic (exact) mass is 794 g/mol. The van der Waals surface area contributed by atoms with Crippen LogP contribution in [0, 0.1) is 0 Å². The molecule has 302 valence electrons. The number of carbonyl (C=O) groups is 4. The number of hydrogen-bond donors (Lipinski definition) is 2. The van der Waals surface area contributed by atoms with Gasteiger partial charge in [0.1, 0.15) is 17.5 Å². The third-order valence-electron chi connectivity index (χ3n) is 11.1. The Labute approximate surface area is 334 Å². The summed E-state index contributed by atoms with van der Waals surface area (Å²) in [5.41, 5.74) is 5.91. The molecule has 2 fully saturated rings. The molecule has 4 amide bonds. The summed E-state index contributed by atoms with van der Waals surface area (Å²) in [6.45, 7) is 5.26. The number of fused-ring (bicyclic) bond motifs is 1. The number of nitrogens with one attached hydrogen (secondary N) is 1. The zero-order chi connectivity index (χ0) is 41.0. The Bertz CT molecular complexity index is 2180. The van der Waals surface area contributed by atoms with Gasteiger partial charge in [0, 0.05) is 38.3 Å². The van der Waals surface area contributed by atoms with Gasteiger partial charge in [-0.2, -0.15) is 13.2 Å². The molecule has 7 rings (SSSR count). The van der Waals surface area contributed by atoms with Crippen LogP contribution in [0.1, 0.15) is 82.9 Å². The van der Waals surface area contributed by atoms with Crippen LogP contribution in [0.4, 0.5) is 18.9 Å². The van der Waals surface area contributed by atoms with E-state index >= 15 is 0 Å². The van der Waals surface area contributed by atoms with Crippen LogP contribution in [0.2, 0.25) is 0 Å². The summed E-state index contributed by atoms with van der Waals surface area (Å²) in [5, 5.41) is 12.1. The van der Waals surface area contributed by atoms with Crippen molar-refractivity contribution in [3.05, 3.63) is 125 Å². The third kappa shape index (κ3) is 8.79. The minimum absolute atomic E-state index is 0.0455. The van der Waals surface area contributed by atoms with E-state index in [1.54, 1.807) is 54.6 Å². The number of aromatic hydroxyl groups is 1. The van der Waals surface area contributed by atoms with Crippen molar-refractivity contribution in [2.45, 2.75) is 63.8 Å². The molecular formula is C45H45F3N4O6. The first-order valence-electron chi connectivity index (χ1n) is 19.7. The Balaban J connectivity index is 0.926. The molecule has 0 aliphatic carbocycles. The smallest absolute Gasteiger partial charge is 0.425 e. The standard InChI is InChI=1S/C45H45F3N4O6/c1-2-35(29-8-4-3-5-9-29)41(30-11-16-33(53)17-12-30)31-13-18-34(19-14-31)58-39(45(46,47)48)10-6-7-23-50-24-26-51(27-25-50)32-15-20-36-37(28-32)44(57)52(43(36)56)38-21-22-40(54)49-42(38)55/h3-5,8-9,11-20,28,38-39,53H,2,6-7,10,21-27H2,1H3,(H,49,54,55)/b41-35-. The molecule has 2 atom stereocenters. The summed E-state index contributed by atoms with van der Waals surface area (Å²) in [4.78, 5) is 55.6. The third-order valence-corrected chi connectivity index (χ3v) is 11.1. The van der Waals surface area contributed by atoms with E-state index < -0.39 is 42.0 Å². The molecular weight excluding hydrogens is 750 g/mol. The van der Waals surface area contributed by atoms with Crippen molar-refractivity contribution in [3.8, 4) is 11.5 Å². The van der Waals surface area contributed by atoms with Crippen molar-refractivity contribution < 1.29 is 42.2 Å². The van der Waals surface area contributed by atoms with Crippen molar-refractivity contribution in [1.29, 1.82) is 0 Å². The van der Waals surface area contributed by atoms with Crippen molar-refractivity contribution in [2.24, 2.45) is 0 Å². The van der Waals surface area contributed by atoms with E-state index in [9.17, 15) is 37.5 Å². The molecule has 0 spiro atoms. The fourth-order valence-electron chi connectivity index (χ4n) is 8.01. The van der Waals surface area contributed by atoms with Crippen LogP contribution in [-0.2, 0) is 9.59 Å². The van der Waals surface area contributed by atoms with Crippen molar-refractivity contribution in [1.82, 2.24) is 15.1 Å². The molecule has 0 radical (unpaired) electrons. The average Bonchev–Trinajstić information content (AvgIpc) is 3.46. The van der Waals surface area contributed by atoms with Gasteiger partial charge in [0.05, 0.1) is 11.1 Å².